The van der Waals surface area contributed by atoms with Crippen molar-refractivity contribution in [3.8, 4) is 0 Å². The Labute approximate surface area is 149 Å². The van der Waals surface area contributed by atoms with E-state index in [-0.39, 0.29) is 12.5 Å². The van der Waals surface area contributed by atoms with E-state index in [0.29, 0.717) is 5.56 Å². The van der Waals surface area contributed by atoms with Gasteiger partial charge < -0.3 is 15.3 Å². The van der Waals surface area contributed by atoms with Crippen molar-refractivity contribution in [3.63, 3.8) is 0 Å². The van der Waals surface area contributed by atoms with Gasteiger partial charge in [-0.15, -0.1) is 0 Å². The maximum atomic E-state index is 12.3. The minimum Gasteiger partial charge on any atom is -0.387 e. The van der Waals surface area contributed by atoms with E-state index in [1.54, 1.807) is 0 Å². The first kappa shape index (κ1) is 17.5. The zero-order chi connectivity index (χ0) is 17.6. The maximum Gasteiger partial charge on any atom is 0.251 e. The number of nitrogens with one attached hydrogen (secondary N) is 1. The van der Waals surface area contributed by atoms with Gasteiger partial charge in [0, 0.05) is 30.9 Å². The molecule has 2 N–H and O–H groups in total. The number of nitrogens with zero attached hydrogens (tertiary/aromatic N) is 1. The highest BCUT2D eigenvalue weighted by Crippen LogP contribution is 2.20. The van der Waals surface area contributed by atoms with Crippen LogP contribution in [0.25, 0.3) is 0 Å². The molecule has 0 aromatic heterocycles. The molecule has 25 heavy (non-hydrogen) atoms. The molecule has 1 fully saturated rings. The summed E-state index contributed by atoms with van der Waals surface area (Å²) in [4.78, 5) is 14.7. The highest BCUT2D eigenvalue weighted by atomic mass is 16.3. The van der Waals surface area contributed by atoms with Gasteiger partial charge in [0.15, 0.2) is 0 Å². The molecule has 2 aromatic rings. The maximum absolute atomic E-state index is 12.3. The molecule has 1 aliphatic heterocycles. The average molecular weight is 338 g/mol. The van der Waals surface area contributed by atoms with Crippen LogP contribution in [0, 0.1) is 6.92 Å². The molecule has 0 bridgehead atoms. The zero-order valence-electron chi connectivity index (χ0n) is 14.7. The van der Waals surface area contributed by atoms with Crippen molar-refractivity contribution >= 4 is 11.6 Å². The topological polar surface area (TPSA) is 52.6 Å². The number of amides is 1. The summed E-state index contributed by atoms with van der Waals surface area (Å²) in [6.07, 6.45) is 3.08. The minimum atomic E-state index is -0.697. The van der Waals surface area contributed by atoms with Gasteiger partial charge >= 0.3 is 0 Å². The molecule has 0 saturated carbocycles. The number of hydrogen-bond donors (Lipinski definition) is 2. The Hall–Kier alpha value is -2.33. The van der Waals surface area contributed by atoms with E-state index >= 15 is 0 Å². The first-order valence-corrected chi connectivity index (χ1v) is 9.02. The molecule has 0 radical (unpaired) electrons. The Morgan fingerprint density at radius 2 is 1.76 bits per heavy atom. The van der Waals surface area contributed by atoms with Gasteiger partial charge in [0.1, 0.15) is 0 Å². The molecule has 4 nitrogen and oxygen atoms in total. The molecule has 1 aliphatic rings. The van der Waals surface area contributed by atoms with Crippen molar-refractivity contribution < 1.29 is 9.90 Å². The Morgan fingerprint density at radius 1 is 1.08 bits per heavy atom. The van der Waals surface area contributed by atoms with Gasteiger partial charge in [-0.2, -0.15) is 0 Å². The van der Waals surface area contributed by atoms with Crippen molar-refractivity contribution in [2.75, 3.05) is 24.5 Å². The molecule has 3 rings (SSSR count). The number of aliphatic hydroxyl groups is 1. The highest BCUT2D eigenvalue weighted by molar-refractivity contribution is 5.94. The number of carbonyl (C=O) groups is 1. The lowest BCUT2D eigenvalue weighted by molar-refractivity contribution is 0.0916. The third-order valence-electron chi connectivity index (χ3n) is 4.85. The summed E-state index contributed by atoms with van der Waals surface area (Å²) in [5.74, 6) is -0.155. The van der Waals surface area contributed by atoms with Gasteiger partial charge in [0.05, 0.1) is 6.10 Å². The van der Waals surface area contributed by atoms with Crippen LogP contribution in [0.15, 0.2) is 48.5 Å². The summed E-state index contributed by atoms with van der Waals surface area (Å²) in [6, 6.07) is 15.4. The Morgan fingerprint density at radius 3 is 2.44 bits per heavy atom. The highest BCUT2D eigenvalue weighted by Gasteiger charge is 2.14. The summed E-state index contributed by atoms with van der Waals surface area (Å²) in [7, 11) is 0. The minimum absolute atomic E-state index is 0.155. The van der Waals surface area contributed by atoms with E-state index in [1.165, 1.54) is 24.9 Å². The molecule has 1 saturated heterocycles. The Bertz CT molecular complexity index is 706. The quantitative estimate of drug-likeness (QED) is 0.878. The Kier molecular flexibility index (Phi) is 5.71. The average Bonchev–Trinajstić information content (AvgIpc) is 2.67. The molecule has 132 valence electrons. The van der Waals surface area contributed by atoms with Gasteiger partial charge in [-0.3, -0.25) is 4.79 Å². The second kappa shape index (κ2) is 8.17. The van der Waals surface area contributed by atoms with Crippen LogP contribution in [0.2, 0.25) is 0 Å². The van der Waals surface area contributed by atoms with Gasteiger partial charge in [-0.25, -0.2) is 0 Å². The van der Waals surface area contributed by atoms with E-state index in [9.17, 15) is 9.90 Å². The summed E-state index contributed by atoms with van der Waals surface area (Å²) in [5.41, 5.74) is 3.67. The lowest BCUT2D eigenvalue weighted by Gasteiger charge is -2.28. The third kappa shape index (κ3) is 4.40. The van der Waals surface area contributed by atoms with Crippen molar-refractivity contribution in [2.45, 2.75) is 32.3 Å². The third-order valence-corrected chi connectivity index (χ3v) is 4.85. The molecule has 0 spiro atoms. The number of benzene rings is 2. The number of aryl methyl sites for hydroxylation is 1. The number of carbonyl (C=O) groups excluding carboxylic acids is 1. The van der Waals surface area contributed by atoms with Gasteiger partial charge in [-0.1, -0.05) is 24.3 Å². The lowest BCUT2D eigenvalue weighted by atomic mass is 10.0. The van der Waals surface area contributed by atoms with Crippen LogP contribution in [0.1, 0.15) is 46.9 Å². The van der Waals surface area contributed by atoms with E-state index in [2.05, 4.69) is 10.2 Å². The van der Waals surface area contributed by atoms with Crippen LogP contribution in [0.4, 0.5) is 5.69 Å². The van der Waals surface area contributed by atoms with Crippen LogP contribution in [-0.2, 0) is 0 Å². The summed E-state index contributed by atoms with van der Waals surface area (Å²) in [6.45, 7) is 4.35. The molecule has 1 atom stereocenters. The fraction of sp³-hybridized carbons (Fsp3) is 0.381. The van der Waals surface area contributed by atoms with Crippen LogP contribution < -0.4 is 10.2 Å². The molecule has 4 heteroatoms. The van der Waals surface area contributed by atoms with Crippen LogP contribution >= 0.6 is 0 Å². The van der Waals surface area contributed by atoms with Crippen LogP contribution in [-0.4, -0.2) is 30.6 Å². The van der Waals surface area contributed by atoms with Gasteiger partial charge in [0.25, 0.3) is 5.91 Å². The smallest absolute Gasteiger partial charge is 0.251 e. The SMILES string of the molecule is Cc1ccccc1C(O)CNC(=O)c1ccc(N2CCCCC2)cc1. The monoisotopic (exact) mass is 338 g/mol. The van der Waals surface area contributed by atoms with Crippen LogP contribution in [0.3, 0.4) is 0 Å². The summed E-state index contributed by atoms with van der Waals surface area (Å²) >= 11 is 0. The number of rotatable bonds is 5. The standard InChI is InChI=1S/C21H26N2O2/c1-16-7-3-4-8-19(16)20(24)15-22-21(25)17-9-11-18(12-10-17)23-13-5-2-6-14-23/h3-4,7-12,20,24H,2,5-6,13-15H2,1H3,(H,22,25). The largest absolute Gasteiger partial charge is 0.387 e. The molecule has 1 heterocycles. The van der Waals surface area contributed by atoms with Gasteiger partial charge in [-0.05, 0) is 61.6 Å². The second-order valence-corrected chi connectivity index (χ2v) is 6.68. The fourth-order valence-corrected chi connectivity index (χ4v) is 3.34. The number of piperidine rings is 1. The number of anilines is 1. The Balaban J connectivity index is 1.57. The van der Waals surface area contributed by atoms with Crippen molar-refractivity contribution in [1.82, 2.24) is 5.32 Å². The zero-order valence-corrected chi connectivity index (χ0v) is 14.7. The molecule has 0 aliphatic carbocycles. The second-order valence-electron chi connectivity index (χ2n) is 6.68. The number of aliphatic hydroxyl groups excluding tert-OH is 1. The van der Waals surface area contributed by atoms with Gasteiger partial charge in [0.2, 0.25) is 0 Å². The number of hydrogen-bond acceptors (Lipinski definition) is 3. The molecule has 1 amide bonds. The normalized spacial score (nSPS) is 15.7. The first-order chi connectivity index (χ1) is 12.1. The van der Waals surface area contributed by atoms with E-state index in [4.69, 9.17) is 0 Å². The fourth-order valence-electron chi connectivity index (χ4n) is 3.34. The van der Waals surface area contributed by atoms with Crippen molar-refractivity contribution in [1.29, 1.82) is 0 Å². The molecular formula is C21H26N2O2. The van der Waals surface area contributed by atoms with E-state index < -0.39 is 6.10 Å². The van der Waals surface area contributed by atoms with Crippen molar-refractivity contribution in [3.05, 3.63) is 65.2 Å². The molecule has 2 aromatic carbocycles. The predicted molar refractivity (Wildman–Crippen MR) is 101 cm³/mol. The summed E-state index contributed by atoms with van der Waals surface area (Å²) < 4.78 is 0. The van der Waals surface area contributed by atoms with Crippen LogP contribution in [0.5, 0.6) is 0 Å². The lowest BCUT2D eigenvalue weighted by Crippen LogP contribution is -2.30. The van der Waals surface area contributed by atoms with Crippen molar-refractivity contribution in [2.24, 2.45) is 0 Å². The molecular weight excluding hydrogens is 312 g/mol. The molecule has 1 unspecified atom stereocenters. The predicted octanol–water partition coefficient (Wildman–Crippen LogP) is 3.45. The van der Waals surface area contributed by atoms with E-state index in [1.807, 2.05) is 55.5 Å². The van der Waals surface area contributed by atoms with E-state index in [0.717, 1.165) is 24.2 Å². The summed E-state index contributed by atoms with van der Waals surface area (Å²) in [5, 5.41) is 13.1. The first-order valence-electron chi connectivity index (χ1n) is 9.02.